The first-order chi connectivity index (χ1) is 9.52. The summed E-state index contributed by atoms with van der Waals surface area (Å²) in [5, 5.41) is 0. The van der Waals surface area contributed by atoms with Crippen molar-refractivity contribution in [3.8, 4) is 11.1 Å². The van der Waals surface area contributed by atoms with Gasteiger partial charge in [-0.2, -0.15) is 0 Å². The Balaban J connectivity index is 2.01. The second-order valence-corrected chi connectivity index (χ2v) is 6.12. The summed E-state index contributed by atoms with van der Waals surface area (Å²) in [6.07, 6.45) is 1.52. The molecule has 1 atom stereocenters. The standard InChI is InChI=1S/C19H22O/c1-12-5-13(2)7-16(6-12)17-8-14(3)19(15(4)9-17)10-18-11-20-18/h5-9,18H,10-11H2,1-4H3. The van der Waals surface area contributed by atoms with E-state index in [1.54, 1.807) is 0 Å². The Bertz CT molecular complexity index is 608. The van der Waals surface area contributed by atoms with Gasteiger partial charge < -0.3 is 4.74 Å². The Morgan fingerprint density at radius 1 is 0.850 bits per heavy atom. The smallest absolute Gasteiger partial charge is 0.0850 e. The highest BCUT2D eigenvalue weighted by molar-refractivity contribution is 5.67. The first kappa shape index (κ1) is 13.4. The second kappa shape index (κ2) is 5.06. The van der Waals surface area contributed by atoms with Gasteiger partial charge in [0, 0.05) is 6.42 Å². The Labute approximate surface area is 121 Å². The molecular formula is C19H22O. The van der Waals surface area contributed by atoms with Gasteiger partial charge in [-0.1, -0.05) is 41.5 Å². The van der Waals surface area contributed by atoms with Crippen LogP contribution in [0.1, 0.15) is 27.8 Å². The van der Waals surface area contributed by atoms with Gasteiger partial charge in [-0.05, 0) is 55.5 Å². The summed E-state index contributed by atoms with van der Waals surface area (Å²) in [5.74, 6) is 0. The van der Waals surface area contributed by atoms with Crippen molar-refractivity contribution in [3.05, 3.63) is 58.1 Å². The van der Waals surface area contributed by atoms with E-state index < -0.39 is 0 Å². The van der Waals surface area contributed by atoms with Crippen molar-refractivity contribution in [1.82, 2.24) is 0 Å². The molecule has 0 aromatic heterocycles. The van der Waals surface area contributed by atoms with Crippen molar-refractivity contribution in [2.45, 2.75) is 40.2 Å². The first-order valence-corrected chi connectivity index (χ1v) is 7.33. The summed E-state index contributed by atoms with van der Waals surface area (Å²) in [6.45, 7) is 9.69. The molecule has 2 aromatic rings. The van der Waals surface area contributed by atoms with Gasteiger partial charge in [-0.15, -0.1) is 0 Å². The SMILES string of the molecule is Cc1cc(C)cc(-c2cc(C)c(CC3CO3)c(C)c2)c1. The molecule has 0 spiro atoms. The van der Waals surface area contributed by atoms with E-state index in [2.05, 4.69) is 58.0 Å². The highest BCUT2D eigenvalue weighted by Gasteiger charge is 2.24. The molecule has 1 heteroatoms. The molecule has 1 aliphatic heterocycles. The third kappa shape index (κ3) is 2.78. The Morgan fingerprint density at radius 3 is 1.85 bits per heavy atom. The number of epoxide rings is 1. The van der Waals surface area contributed by atoms with Gasteiger partial charge in [0.1, 0.15) is 0 Å². The number of aryl methyl sites for hydroxylation is 4. The monoisotopic (exact) mass is 266 g/mol. The van der Waals surface area contributed by atoms with Crippen LogP contribution in [0, 0.1) is 27.7 Å². The predicted molar refractivity (Wildman–Crippen MR) is 84.3 cm³/mol. The molecule has 0 amide bonds. The van der Waals surface area contributed by atoms with Crippen LogP contribution in [0.3, 0.4) is 0 Å². The Kier molecular flexibility index (Phi) is 3.39. The zero-order valence-corrected chi connectivity index (χ0v) is 12.8. The van der Waals surface area contributed by atoms with E-state index in [0.29, 0.717) is 6.10 Å². The molecule has 0 bridgehead atoms. The van der Waals surface area contributed by atoms with Crippen LogP contribution in [0.5, 0.6) is 0 Å². The number of hydrogen-bond acceptors (Lipinski definition) is 1. The summed E-state index contributed by atoms with van der Waals surface area (Å²) in [5.41, 5.74) is 9.52. The van der Waals surface area contributed by atoms with Gasteiger partial charge in [-0.25, -0.2) is 0 Å². The van der Waals surface area contributed by atoms with Gasteiger partial charge >= 0.3 is 0 Å². The molecule has 0 aliphatic carbocycles. The molecule has 1 fully saturated rings. The van der Waals surface area contributed by atoms with Crippen LogP contribution in [0.2, 0.25) is 0 Å². The van der Waals surface area contributed by atoms with Crippen LogP contribution < -0.4 is 0 Å². The molecule has 1 heterocycles. The summed E-state index contributed by atoms with van der Waals surface area (Å²) < 4.78 is 5.37. The molecule has 0 radical (unpaired) electrons. The average molecular weight is 266 g/mol. The summed E-state index contributed by atoms with van der Waals surface area (Å²) >= 11 is 0. The van der Waals surface area contributed by atoms with E-state index in [9.17, 15) is 0 Å². The van der Waals surface area contributed by atoms with E-state index in [1.165, 1.54) is 38.9 Å². The second-order valence-electron chi connectivity index (χ2n) is 6.12. The topological polar surface area (TPSA) is 12.5 Å². The lowest BCUT2D eigenvalue weighted by atomic mass is 9.92. The number of ether oxygens (including phenoxy) is 1. The average Bonchev–Trinajstić information content (AvgIpc) is 3.16. The Hall–Kier alpha value is -1.60. The third-order valence-corrected chi connectivity index (χ3v) is 4.09. The van der Waals surface area contributed by atoms with E-state index in [1.807, 2.05) is 0 Å². The quantitative estimate of drug-likeness (QED) is 0.744. The molecular weight excluding hydrogens is 244 g/mol. The molecule has 1 saturated heterocycles. The van der Waals surface area contributed by atoms with Gasteiger partial charge in [0.2, 0.25) is 0 Å². The molecule has 104 valence electrons. The van der Waals surface area contributed by atoms with Crippen molar-refractivity contribution in [2.75, 3.05) is 6.61 Å². The highest BCUT2D eigenvalue weighted by atomic mass is 16.6. The zero-order chi connectivity index (χ0) is 14.3. The van der Waals surface area contributed by atoms with Gasteiger partial charge in [0.15, 0.2) is 0 Å². The van der Waals surface area contributed by atoms with Crippen LogP contribution in [0.25, 0.3) is 11.1 Å². The predicted octanol–water partition coefficient (Wildman–Crippen LogP) is 4.53. The van der Waals surface area contributed by atoms with Crippen molar-refractivity contribution < 1.29 is 4.74 Å². The Morgan fingerprint density at radius 2 is 1.35 bits per heavy atom. The largest absolute Gasteiger partial charge is 0.373 e. The maximum atomic E-state index is 5.37. The molecule has 1 unspecified atom stereocenters. The summed E-state index contributed by atoms with van der Waals surface area (Å²) in [4.78, 5) is 0. The normalized spacial score (nSPS) is 17.3. The van der Waals surface area contributed by atoms with Gasteiger partial charge in [-0.3, -0.25) is 0 Å². The van der Waals surface area contributed by atoms with Gasteiger partial charge in [0.25, 0.3) is 0 Å². The van der Waals surface area contributed by atoms with E-state index in [4.69, 9.17) is 4.74 Å². The van der Waals surface area contributed by atoms with Crippen molar-refractivity contribution in [1.29, 1.82) is 0 Å². The minimum absolute atomic E-state index is 0.458. The van der Waals surface area contributed by atoms with E-state index in [-0.39, 0.29) is 0 Å². The third-order valence-electron chi connectivity index (χ3n) is 4.09. The minimum Gasteiger partial charge on any atom is -0.373 e. The highest BCUT2D eigenvalue weighted by Crippen LogP contribution is 2.29. The molecule has 2 aromatic carbocycles. The molecule has 20 heavy (non-hydrogen) atoms. The maximum Gasteiger partial charge on any atom is 0.0850 e. The number of rotatable bonds is 3. The molecule has 1 aliphatic rings. The number of benzene rings is 2. The van der Waals surface area contributed by atoms with Crippen LogP contribution in [-0.4, -0.2) is 12.7 Å². The van der Waals surface area contributed by atoms with Crippen LogP contribution >= 0.6 is 0 Å². The first-order valence-electron chi connectivity index (χ1n) is 7.33. The van der Waals surface area contributed by atoms with E-state index >= 15 is 0 Å². The van der Waals surface area contributed by atoms with Crippen molar-refractivity contribution >= 4 is 0 Å². The molecule has 3 rings (SSSR count). The fourth-order valence-corrected chi connectivity index (χ4v) is 3.04. The summed E-state index contributed by atoms with van der Waals surface area (Å²) in [6, 6.07) is 11.4. The lowest BCUT2D eigenvalue weighted by molar-refractivity contribution is 0.407. The maximum absolute atomic E-state index is 5.37. The minimum atomic E-state index is 0.458. The van der Waals surface area contributed by atoms with E-state index in [0.717, 1.165) is 13.0 Å². The fourth-order valence-electron chi connectivity index (χ4n) is 3.04. The fraction of sp³-hybridized carbons (Fsp3) is 0.368. The van der Waals surface area contributed by atoms with Crippen LogP contribution in [0.15, 0.2) is 30.3 Å². The molecule has 0 N–H and O–H groups in total. The lowest BCUT2D eigenvalue weighted by Gasteiger charge is -2.13. The van der Waals surface area contributed by atoms with Crippen LogP contribution in [-0.2, 0) is 11.2 Å². The van der Waals surface area contributed by atoms with Crippen LogP contribution in [0.4, 0.5) is 0 Å². The lowest BCUT2D eigenvalue weighted by Crippen LogP contribution is -2.00. The summed E-state index contributed by atoms with van der Waals surface area (Å²) in [7, 11) is 0. The molecule has 0 saturated carbocycles. The molecule has 1 nitrogen and oxygen atoms in total. The zero-order valence-electron chi connectivity index (χ0n) is 12.8. The van der Waals surface area contributed by atoms with Gasteiger partial charge in [0.05, 0.1) is 12.7 Å². The number of hydrogen-bond donors (Lipinski definition) is 0. The van der Waals surface area contributed by atoms with Crippen molar-refractivity contribution in [2.24, 2.45) is 0 Å². The van der Waals surface area contributed by atoms with Crippen molar-refractivity contribution in [3.63, 3.8) is 0 Å².